The lowest BCUT2D eigenvalue weighted by atomic mass is 10.2. The van der Waals surface area contributed by atoms with Gasteiger partial charge in [0.1, 0.15) is 0 Å². The summed E-state index contributed by atoms with van der Waals surface area (Å²) < 4.78 is 4.79. The van der Waals surface area contributed by atoms with Crippen molar-refractivity contribution in [2.45, 2.75) is 13.2 Å². The molecule has 15 heavy (non-hydrogen) atoms. The van der Waals surface area contributed by atoms with Crippen LogP contribution in [0, 0.1) is 0 Å². The molecule has 4 nitrogen and oxygen atoms in total. The third-order valence-electron chi connectivity index (χ3n) is 1.56. The molecule has 0 aromatic heterocycles. The molecule has 0 N–H and O–H groups in total. The molecule has 1 rings (SSSR count). The van der Waals surface area contributed by atoms with E-state index in [4.69, 9.17) is 4.74 Å². The van der Waals surface area contributed by atoms with E-state index in [1.807, 2.05) is 0 Å². The molecular formula is C11H12O4. The molecule has 1 aromatic carbocycles. The molecule has 0 radical (unpaired) electrons. The Bertz CT molecular complexity index is 321. The van der Waals surface area contributed by atoms with Crippen molar-refractivity contribution in [3.63, 3.8) is 0 Å². The number of ether oxygens (including phenoxy) is 1. The van der Waals surface area contributed by atoms with Crippen LogP contribution in [0.15, 0.2) is 43.2 Å². The van der Waals surface area contributed by atoms with E-state index in [-0.39, 0.29) is 0 Å². The summed E-state index contributed by atoms with van der Waals surface area (Å²) in [6, 6.07) is 8.54. The molecule has 80 valence electrons. The first-order valence-electron chi connectivity index (χ1n) is 4.43. The third kappa shape index (κ3) is 3.83. The first kappa shape index (κ1) is 11.3. The van der Waals surface area contributed by atoms with E-state index in [0.717, 1.165) is 0 Å². The van der Waals surface area contributed by atoms with Crippen LogP contribution in [-0.4, -0.2) is 12.3 Å². The van der Waals surface area contributed by atoms with Crippen molar-refractivity contribution in [2.75, 3.05) is 0 Å². The highest BCUT2D eigenvalue weighted by Crippen LogP contribution is 2.03. The van der Waals surface area contributed by atoms with Gasteiger partial charge in [-0.3, -0.25) is 4.89 Å². The van der Waals surface area contributed by atoms with Crippen LogP contribution in [-0.2, 0) is 14.5 Å². The second-order valence-electron chi connectivity index (χ2n) is 2.70. The summed E-state index contributed by atoms with van der Waals surface area (Å²) in [7, 11) is 0. The quantitative estimate of drug-likeness (QED) is 0.322. The van der Waals surface area contributed by atoms with E-state index in [9.17, 15) is 4.79 Å². The fourth-order valence-corrected chi connectivity index (χ4v) is 0.892. The average Bonchev–Trinajstić information content (AvgIpc) is 2.27. The summed E-state index contributed by atoms with van der Waals surface area (Å²) >= 11 is 0. The Labute approximate surface area is 88.0 Å². The largest absolute Gasteiger partial charge is 0.470 e. The van der Waals surface area contributed by atoms with Crippen molar-refractivity contribution in [3.05, 3.63) is 48.7 Å². The number of benzene rings is 1. The minimum Gasteiger partial charge on any atom is -0.470 e. The van der Waals surface area contributed by atoms with E-state index < -0.39 is 12.3 Å². The number of carbonyl (C=O) groups excluding carboxylic acids is 1. The molecule has 0 bridgehead atoms. The van der Waals surface area contributed by atoms with Gasteiger partial charge in [0.2, 0.25) is 6.29 Å². The summed E-state index contributed by atoms with van der Waals surface area (Å²) in [5, 5.41) is 0. The summed E-state index contributed by atoms with van der Waals surface area (Å²) in [5.74, 6) is -0.560. The van der Waals surface area contributed by atoms with Crippen molar-refractivity contribution < 1.29 is 19.3 Å². The second-order valence-corrected chi connectivity index (χ2v) is 2.70. The van der Waals surface area contributed by atoms with Gasteiger partial charge < -0.3 is 4.74 Å². The molecule has 0 aliphatic carbocycles. The minimum absolute atomic E-state index is 0.420. The van der Waals surface area contributed by atoms with Gasteiger partial charge >= 0.3 is 5.97 Å². The van der Waals surface area contributed by atoms with Gasteiger partial charge in [-0.2, -0.15) is 0 Å². The summed E-state index contributed by atoms with van der Waals surface area (Å²) in [4.78, 5) is 20.5. The minimum atomic E-state index is -0.671. The molecule has 0 saturated carbocycles. The highest BCUT2D eigenvalue weighted by Gasteiger charge is 2.09. The highest BCUT2D eigenvalue weighted by atomic mass is 17.2. The Hall–Kier alpha value is -1.81. The zero-order valence-corrected chi connectivity index (χ0v) is 8.38. The molecule has 1 atom stereocenters. The van der Waals surface area contributed by atoms with E-state index in [2.05, 4.69) is 16.4 Å². The van der Waals surface area contributed by atoms with Crippen LogP contribution < -0.4 is 0 Å². The van der Waals surface area contributed by atoms with Crippen LogP contribution in [0.1, 0.15) is 17.3 Å². The number of hydrogen-bond acceptors (Lipinski definition) is 4. The van der Waals surface area contributed by atoms with Gasteiger partial charge in [0.25, 0.3) is 0 Å². The smallest absolute Gasteiger partial charge is 0.373 e. The highest BCUT2D eigenvalue weighted by molar-refractivity contribution is 5.88. The Balaban J connectivity index is 2.40. The molecule has 0 aliphatic heterocycles. The SMILES string of the molecule is C=COC(C)OOC(=O)c1ccccc1. The lowest BCUT2D eigenvalue weighted by Crippen LogP contribution is -2.14. The maximum absolute atomic E-state index is 11.3. The fourth-order valence-electron chi connectivity index (χ4n) is 0.892. The lowest BCUT2D eigenvalue weighted by Gasteiger charge is -2.09. The molecule has 1 unspecified atom stereocenters. The van der Waals surface area contributed by atoms with Crippen molar-refractivity contribution in [2.24, 2.45) is 0 Å². The topological polar surface area (TPSA) is 44.8 Å². The average molecular weight is 208 g/mol. The lowest BCUT2D eigenvalue weighted by molar-refractivity contribution is -0.322. The monoisotopic (exact) mass is 208 g/mol. The summed E-state index contributed by atoms with van der Waals surface area (Å²) in [6.07, 6.45) is 0.538. The zero-order valence-electron chi connectivity index (χ0n) is 8.38. The molecule has 0 spiro atoms. The maximum Gasteiger partial charge on any atom is 0.373 e. The van der Waals surface area contributed by atoms with Crippen molar-refractivity contribution in [1.29, 1.82) is 0 Å². The maximum atomic E-state index is 11.3. The van der Waals surface area contributed by atoms with Gasteiger partial charge in [-0.1, -0.05) is 24.8 Å². The Morgan fingerprint density at radius 3 is 2.67 bits per heavy atom. The van der Waals surface area contributed by atoms with Gasteiger partial charge in [0.15, 0.2) is 0 Å². The van der Waals surface area contributed by atoms with Gasteiger partial charge in [-0.25, -0.2) is 4.79 Å². The molecular weight excluding hydrogens is 196 g/mol. The standard InChI is InChI=1S/C11H12O4/c1-3-13-9(2)14-15-11(12)10-7-5-4-6-8-10/h3-9H,1H2,2H3. The Morgan fingerprint density at radius 2 is 2.07 bits per heavy atom. The van der Waals surface area contributed by atoms with E-state index in [1.54, 1.807) is 37.3 Å². The van der Waals surface area contributed by atoms with Gasteiger partial charge in [-0.05, 0) is 12.1 Å². The van der Waals surface area contributed by atoms with E-state index >= 15 is 0 Å². The second kappa shape index (κ2) is 5.82. The van der Waals surface area contributed by atoms with Crippen LogP contribution in [0.2, 0.25) is 0 Å². The van der Waals surface area contributed by atoms with Crippen LogP contribution in [0.4, 0.5) is 0 Å². The van der Waals surface area contributed by atoms with Gasteiger partial charge in [0.05, 0.1) is 11.8 Å². The van der Waals surface area contributed by atoms with Crippen molar-refractivity contribution in [1.82, 2.24) is 0 Å². The normalized spacial score (nSPS) is 11.5. The summed E-state index contributed by atoms with van der Waals surface area (Å²) in [5.41, 5.74) is 0.420. The molecule has 0 aliphatic rings. The van der Waals surface area contributed by atoms with Crippen molar-refractivity contribution >= 4 is 5.97 Å². The van der Waals surface area contributed by atoms with E-state index in [0.29, 0.717) is 5.56 Å². The van der Waals surface area contributed by atoms with Gasteiger partial charge in [0, 0.05) is 6.92 Å². The predicted molar refractivity (Wildman–Crippen MR) is 53.7 cm³/mol. The summed E-state index contributed by atoms with van der Waals surface area (Å²) in [6.45, 7) is 4.93. The van der Waals surface area contributed by atoms with E-state index in [1.165, 1.54) is 6.26 Å². The third-order valence-corrected chi connectivity index (χ3v) is 1.56. The molecule has 0 saturated heterocycles. The zero-order chi connectivity index (χ0) is 11.1. The number of rotatable bonds is 5. The fraction of sp³-hybridized carbons (Fsp3) is 0.182. The molecule has 0 heterocycles. The molecule has 0 amide bonds. The Morgan fingerprint density at radius 1 is 1.40 bits per heavy atom. The predicted octanol–water partition coefficient (Wildman–Crippen LogP) is 2.28. The molecule has 4 heteroatoms. The molecule has 0 fully saturated rings. The Kier molecular flexibility index (Phi) is 4.37. The van der Waals surface area contributed by atoms with Crippen LogP contribution >= 0.6 is 0 Å². The first-order chi connectivity index (χ1) is 7.24. The number of hydrogen-bond donors (Lipinski definition) is 0. The number of carbonyl (C=O) groups is 1. The van der Waals surface area contributed by atoms with Crippen LogP contribution in [0.5, 0.6) is 0 Å². The van der Waals surface area contributed by atoms with Crippen LogP contribution in [0.25, 0.3) is 0 Å². The van der Waals surface area contributed by atoms with Gasteiger partial charge in [-0.15, -0.1) is 4.89 Å². The first-order valence-corrected chi connectivity index (χ1v) is 4.43. The molecule has 1 aromatic rings. The van der Waals surface area contributed by atoms with Crippen LogP contribution in [0.3, 0.4) is 0 Å². The van der Waals surface area contributed by atoms with Crippen molar-refractivity contribution in [3.8, 4) is 0 Å².